The fraction of sp³-hybridized carbons (Fsp3) is 1.00. The van der Waals surface area contributed by atoms with Crippen LogP contribution in [0.2, 0.25) is 0 Å². The Labute approximate surface area is 82.9 Å². The van der Waals surface area contributed by atoms with E-state index in [0.717, 1.165) is 12.8 Å². The van der Waals surface area contributed by atoms with Gasteiger partial charge in [-0.15, -0.1) is 0 Å². The first-order chi connectivity index (χ1) is 5.09. The standard InChI is InChI=1S/C7H10Br2O2/c1-4-5-2-3-7(8,9)6(10-4)11-5/h4-6H,2-3H2,1H3/t4-,5+,6-/m0/s1. The fourth-order valence-electron chi connectivity index (χ4n) is 1.54. The van der Waals surface area contributed by atoms with Crippen LogP contribution in [0.25, 0.3) is 0 Å². The molecule has 0 amide bonds. The topological polar surface area (TPSA) is 18.5 Å². The molecule has 0 aromatic carbocycles. The lowest BCUT2D eigenvalue weighted by Gasteiger charge is -2.30. The third-order valence-corrected chi connectivity index (χ3v) is 3.81. The Morgan fingerprint density at radius 3 is 2.73 bits per heavy atom. The molecule has 64 valence electrons. The van der Waals surface area contributed by atoms with Crippen molar-refractivity contribution in [2.24, 2.45) is 0 Å². The Morgan fingerprint density at radius 1 is 1.36 bits per heavy atom. The monoisotopic (exact) mass is 284 g/mol. The average Bonchev–Trinajstić information content (AvgIpc) is 2.23. The second kappa shape index (κ2) is 2.69. The predicted octanol–water partition coefficient (Wildman–Crippen LogP) is 2.40. The zero-order chi connectivity index (χ0) is 8.06. The molecule has 4 heteroatoms. The SMILES string of the molecule is C[C@@H]1O[C@H]2O[C@@H]1CCC2(Br)Br. The van der Waals surface area contributed by atoms with E-state index >= 15 is 0 Å². The summed E-state index contributed by atoms with van der Waals surface area (Å²) in [5.74, 6) is 0. The van der Waals surface area contributed by atoms with Crippen LogP contribution in [0.1, 0.15) is 19.8 Å². The van der Waals surface area contributed by atoms with Crippen molar-refractivity contribution in [2.45, 2.75) is 41.5 Å². The lowest BCUT2D eigenvalue weighted by Crippen LogP contribution is -2.36. The molecule has 0 spiro atoms. The normalized spacial score (nSPS) is 47.7. The summed E-state index contributed by atoms with van der Waals surface area (Å²) in [4.78, 5) is 0. The molecule has 2 saturated heterocycles. The van der Waals surface area contributed by atoms with E-state index in [1.54, 1.807) is 0 Å². The van der Waals surface area contributed by atoms with Crippen molar-refractivity contribution in [3.8, 4) is 0 Å². The van der Waals surface area contributed by atoms with Gasteiger partial charge in [0.2, 0.25) is 0 Å². The summed E-state index contributed by atoms with van der Waals surface area (Å²) in [6.45, 7) is 2.06. The molecule has 2 rings (SSSR count). The van der Waals surface area contributed by atoms with Gasteiger partial charge >= 0.3 is 0 Å². The maximum absolute atomic E-state index is 5.61. The van der Waals surface area contributed by atoms with E-state index in [0.29, 0.717) is 6.10 Å². The lowest BCUT2D eigenvalue weighted by molar-refractivity contribution is -0.0852. The van der Waals surface area contributed by atoms with Crippen LogP contribution in [0.5, 0.6) is 0 Å². The predicted molar refractivity (Wildman–Crippen MR) is 49.0 cm³/mol. The van der Waals surface area contributed by atoms with E-state index in [-0.39, 0.29) is 15.6 Å². The van der Waals surface area contributed by atoms with E-state index in [4.69, 9.17) is 9.47 Å². The molecular formula is C7H10Br2O2. The fourth-order valence-corrected chi connectivity index (χ4v) is 2.43. The Morgan fingerprint density at radius 2 is 2.09 bits per heavy atom. The summed E-state index contributed by atoms with van der Waals surface area (Å²) in [5, 5.41) is 0. The first kappa shape index (κ1) is 8.48. The molecule has 2 nitrogen and oxygen atoms in total. The number of fused-ring (bicyclic) bond motifs is 2. The molecule has 3 atom stereocenters. The number of hydrogen-bond acceptors (Lipinski definition) is 2. The minimum absolute atomic E-state index is 0.115. The number of alkyl halides is 2. The molecule has 0 saturated carbocycles. The molecule has 0 N–H and O–H groups in total. The first-order valence-corrected chi connectivity index (χ1v) is 5.37. The van der Waals surface area contributed by atoms with Crippen LogP contribution in [0.4, 0.5) is 0 Å². The van der Waals surface area contributed by atoms with E-state index < -0.39 is 0 Å². The van der Waals surface area contributed by atoms with Crippen molar-refractivity contribution in [3.05, 3.63) is 0 Å². The zero-order valence-corrected chi connectivity index (χ0v) is 9.39. The Hall–Kier alpha value is 0.880. The van der Waals surface area contributed by atoms with Gasteiger partial charge in [0.25, 0.3) is 0 Å². The third kappa shape index (κ3) is 1.39. The number of halogens is 2. The van der Waals surface area contributed by atoms with Crippen LogP contribution >= 0.6 is 31.9 Å². The first-order valence-electron chi connectivity index (χ1n) is 3.78. The summed E-state index contributed by atoms with van der Waals surface area (Å²) in [5.41, 5.74) is 0. The molecule has 0 aliphatic carbocycles. The van der Waals surface area contributed by atoms with E-state index in [9.17, 15) is 0 Å². The van der Waals surface area contributed by atoms with Crippen LogP contribution in [0.15, 0.2) is 0 Å². The van der Waals surface area contributed by atoms with Crippen LogP contribution < -0.4 is 0 Å². The van der Waals surface area contributed by atoms with Crippen LogP contribution in [0.3, 0.4) is 0 Å². The number of ether oxygens (including phenoxy) is 2. The van der Waals surface area contributed by atoms with E-state index in [2.05, 4.69) is 38.8 Å². The van der Waals surface area contributed by atoms with Gasteiger partial charge < -0.3 is 9.47 Å². The summed E-state index contributed by atoms with van der Waals surface area (Å²) in [6.07, 6.45) is 2.57. The second-order valence-electron chi connectivity index (χ2n) is 3.15. The lowest BCUT2D eigenvalue weighted by atomic mass is 10.1. The number of hydrogen-bond donors (Lipinski definition) is 0. The van der Waals surface area contributed by atoms with Gasteiger partial charge in [0.15, 0.2) is 6.29 Å². The van der Waals surface area contributed by atoms with Crippen molar-refractivity contribution in [1.82, 2.24) is 0 Å². The smallest absolute Gasteiger partial charge is 0.183 e. The molecule has 0 radical (unpaired) electrons. The molecule has 2 aliphatic rings. The second-order valence-corrected chi connectivity index (χ2v) is 7.04. The Kier molecular flexibility index (Phi) is 2.07. The van der Waals surface area contributed by atoms with Gasteiger partial charge in [0.05, 0.1) is 12.2 Å². The van der Waals surface area contributed by atoms with Crippen LogP contribution in [-0.2, 0) is 9.47 Å². The highest BCUT2D eigenvalue weighted by atomic mass is 79.9. The van der Waals surface area contributed by atoms with E-state index in [1.807, 2.05) is 0 Å². The summed E-state index contributed by atoms with van der Waals surface area (Å²) in [7, 11) is 0. The molecule has 2 heterocycles. The minimum atomic E-state index is -0.152. The van der Waals surface area contributed by atoms with Crippen molar-refractivity contribution < 1.29 is 9.47 Å². The Bertz CT molecular complexity index is 170. The molecular weight excluding hydrogens is 276 g/mol. The minimum Gasteiger partial charge on any atom is -0.345 e. The molecule has 0 unspecified atom stereocenters. The van der Waals surface area contributed by atoms with Gasteiger partial charge in [-0.2, -0.15) is 0 Å². The van der Waals surface area contributed by atoms with Crippen molar-refractivity contribution in [3.63, 3.8) is 0 Å². The third-order valence-electron chi connectivity index (χ3n) is 2.27. The van der Waals surface area contributed by atoms with E-state index in [1.165, 1.54) is 0 Å². The molecule has 2 bridgehead atoms. The summed E-state index contributed by atoms with van der Waals surface area (Å²) < 4.78 is 11.0. The molecule has 0 aromatic rings. The zero-order valence-electron chi connectivity index (χ0n) is 6.22. The summed E-state index contributed by atoms with van der Waals surface area (Å²) >= 11 is 7.08. The van der Waals surface area contributed by atoms with Gasteiger partial charge in [0.1, 0.15) is 3.23 Å². The van der Waals surface area contributed by atoms with Crippen molar-refractivity contribution >= 4 is 31.9 Å². The summed E-state index contributed by atoms with van der Waals surface area (Å²) in [6, 6.07) is 0. The molecule has 2 aliphatic heterocycles. The number of rotatable bonds is 0. The highest BCUT2D eigenvalue weighted by molar-refractivity contribution is 9.25. The molecule has 11 heavy (non-hydrogen) atoms. The van der Waals surface area contributed by atoms with Gasteiger partial charge in [-0.25, -0.2) is 0 Å². The van der Waals surface area contributed by atoms with Crippen LogP contribution in [-0.4, -0.2) is 21.7 Å². The maximum atomic E-state index is 5.61. The van der Waals surface area contributed by atoms with Crippen molar-refractivity contribution in [2.75, 3.05) is 0 Å². The van der Waals surface area contributed by atoms with Gasteiger partial charge in [0, 0.05) is 0 Å². The highest BCUT2D eigenvalue weighted by Gasteiger charge is 2.49. The largest absolute Gasteiger partial charge is 0.345 e. The van der Waals surface area contributed by atoms with Crippen LogP contribution in [0, 0.1) is 0 Å². The van der Waals surface area contributed by atoms with Crippen molar-refractivity contribution in [1.29, 1.82) is 0 Å². The average molecular weight is 286 g/mol. The quantitative estimate of drug-likeness (QED) is 0.637. The van der Waals surface area contributed by atoms with Gasteiger partial charge in [-0.05, 0) is 19.8 Å². The highest BCUT2D eigenvalue weighted by Crippen LogP contribution is 2.47. The van der Waals surface area contributed by atoms with Gasteiger partial charge in [-0.3, -0.25) is 0 Å². The maximum Gasteiger partial charge on any atom is 0.183 e. The van der Waals surface area contributed by atoms with Gasteiger partial charge in [-0.1, -0.05) is 31.9 Å². The molecule has 0 aromatic heterocycles. The Balaban J connectivity index is 2.15. The molecule has 2 fully saturated rings.